The van der Waals surface area contributed by atoms with Gasteiger partial charge >= 0.3 is 5.97 Å². The van der Waals surface area contributed by atoms with Crippen molar-refractivity contribution in [1.29, 1.82) is 0 Å². The number of hydrogen-bond donors (Lipinski definition) is 2. The molecule has 0 aliphatic rings. The van der Waals surface area contributed by atoms with E-state index in [0.717, 1.165) is 11.3 Å². The van der Waals surface area contributed by atoms with E-state index in [-0.39, 0.29) is 21.5 Å². The summed E-state index contributed by atoms with van der Waals surface area (Å²) in [5.74, 6) is -1.09. The van der Waals surface area contributed by atoms with E-state index in [4.69, 9.17) is 16.7 Å². The van der Waals surface area contributed by atoms with Gasteiger partial charge in [0.15, 0.2) is 0 Å². The third-order valence-electron chi connectivity index (χ3n) is 2.46. The molecule has 0 saturated heterocycles. The molecule has 2 rings (SSSR count). The zero-order valence-corrected chi connectivity index (χ0v) is 13.1. The standard InChI is InChI=1S/C11H10ClN3O4S2/c1-6-9(11(16)17)20-8(15-6)5-14-21(18,19)7-3-2-4-13-10(7)12/h2-4,14H,5H2,1H3,(H,16,17). The molecule has 0 amide bonds. The van der Waals surface area contributed by atoms with E-state index in [1.165, 1.54) is 18.3 Å². The molecule has 0 aromatic carbocycles. The first kappa shape index (κ1) is 15.8. The van der Waals surface area contributed by atoms with Gasteiger partial charge in [-0.1, -0.05) is 11.6 Å². The van der Waals surface area contributed by atoms with Crippen LogP contribution in [0, 0.1) is 6.92 Å². The molecule has 2 N–H and O–H groups in total. The smallest absolute Gasteiger partial charge is 0.347 e. The fraction of sp³-hybridized carbons (Fsp3) is 0.182. The van der Waals surface area contributed by atoms with Gasteiger partial charge in [0.2, 0.25) is 10.0 Å². The van der Waals surface area contributed by atoms with Crippen LogP contribution in [-0.2, 0) is 16.6 Å². The summed E-state index contributed by atoms with van der Waals surface area (Å²) in [6, 6.07) is 2.78. The molecule has 0 atom stereocenters. The summed E-state index contributed by atoms with van der Waals surface area (Å²) in [6.45, 7) is 1.43. The van der Waals surface area contributed by atoms with Crippen molar-refractivity contribution in [3.05, 3.63) is 39.1 Å². The third-order valence-corrected chi connectivity index (χ3v) is 5.45. The van der Waals surface area contributed by atoms with Crippen molar-refractivity contribution in [1.82, 2.24) is 14.7 Å². The second-order valence-electron chi connectivity index (χ2n) is 3.94. The molecular weight excluding hydrogens is 338 g/mol. The molecule has 2 aromatic rings. The fourth-order valence-corrected chi connectivity index (χ4v) is 3.91. The largest absolute Gasteiger partial charge is 0.477 e. The van der Waals surface area contributed by atoms with Crippen molar-refractivity contribution >= 4 is 38.9 Å². The van der Waals surface area contributed by atoms with E-state index in [1.54, 1.807) is 6.92 Å². The van der Waals surface area contributed by atoms with E-state index in [2.05, 4.69) is 14.7 Å². The Kier molecular flexibility index (Phi) is 4.57. The van der Waals surface area contributed by atoms with E-state index < -0.39 is 16.0 Å². The second kappa shape index (κ2) is 6.06. The number of aromatic nitrogens is 2. The Morgan fingerprint density at radius 2 is 2.24 bits per heavy atom. The molecule has 0 radical (unpaired) electrons. The predicted octanol–water partition coefficient (Wildman–Crippen LogP) is 1.68. The highest BCUT2D eigenvalue weighted by Crippen LogP contribution is 2.20. The van der Waals surface area contributed by atoms with Crippen molar-refractivity contribution < 1.29 is 18.3 Å². The average Bonchev–Trinajstić information content (AvgIpc) is 2.78. The number of aromatic carboxylic acids is 1. The van der Waals surface area contributed by atoms with Crippen LogP contribution in [0.4, 0.5) is 0 Å². The molecule has 2 heterocycles. The topological polar surface area (TPSA) is 109 Å². The van der Waals surface area contributed by atoms with Crippen molar-refractivity contribution in [3.63, 3.8) is 0 Å². The zero-order valence-electron chi connectivity index (χ0n) is 10.7. The molecule has 2 aromatic heterocycles. The van der Waals surface area contributed by atoms with Crippen LogP contribution in [0.25, 0.3) is 0 Å². The number of halogens is 1. The Balaban J connectivity index is 2.18. The van der Waals surface area contributed by atoms with Crippen LogP contribution in [0.2, 0.25) is 5.15 Å². The summed E-state index contributed by atoms with van der Waals surface area (Å²) >= 11 is 6.66. The van der Waals surface area contributed by atoms with Crippen LogP contribution in [0.3, 0.4) is 0 Å². The lowest BCUT2D eigenvalue weighted by Crippen LogP contribution is -2.23. The first-order chi connectivity index (χ1) is 9.81. The van der Waals surface area contributed by atoms with Gasteiger partial charge in [0.1, 0.15) is 19.9 Å². The van der Waals surface area contributed by atoms with Gasteiger partial charge in [0, 0.05) is 6.20 Å². The van der Waals surface area contributed by atoms with Gasteiger partial charge in [-0.2, -0.15) is 0 Å². The zero-order chi connectivity index (χ0) is 15.6. The van der Waals surface area contributed by atoms with Crippen LogP contribution < -0.4 is 4.72 Å². The number of pyridine rings is 1. The molecule has 0 saturated carbocycles. The normalized spacial score (nSPS) is 11.5. The van der Waals surface area contributed by atoms with Crippen LogP contribution in [0.5, 0.6) is 0 Å². The number of nitrogens with one attached hydrogen (secondary N) is 1. The summed E-state index contributed by atoms with van der Waals surface area (Å²) in [5, 5.41) is 9.15. The summed E-state index contributed by atoms with van der Waals surface area (Å²) in [5.41, 5.74) is 0.348. The van der Waals surface area contributed by atoms with E-state index in [0.29, 0.717) is 10.7 Å². The SMILES string of the molecule is Cc1nc(CNS(=O)(=O)c2cccnc2Cl)sc1C(=O)O. The number of carboxylic acids is 1. The molecule has 0 bridgehead atoms. The summed E-state index contributed by atoms with van der Waals surface area (Å²) in [6.07, 6.45) is 1.38. The number of nitrogens with zero attached hydrogens (tertiary/aromatic N) is 2. The highest BCUT2D eigenvalue weighted by molar-refractivity contribution is 7.89. The number of rotatable bonds is 5. The Hall–Kier alpha value is -1.55. The summed E-state index contributed by atoms with van der Waals surface area (Å²) < 4.78 is 26.5. The molecule has 0 aliphatic heterocycles. The lowest BCUT2D eigenvalue weighted by molar-refractivity contribution is 0.0701. The Morgan fingerprint density at radius 3 is 2.81 bits per heavy atom. The Labute approximate surface area is 129 Å². The molecule has 0 fully saturated rings. The highest BCUT2D eigenvalue weighted by Gasteiger charge is 2.20. The van der Waals surface area contributed by atoms with Crippen LogP contribution in [-0.4, -0.2) is 29.5 Å². The lowest BCUT2D eigenvalue weighted by atomic mass is 10.4. The van der Waals surface area contributed by atoms with Gasteiger partial charge in [-0.25, -0.2) is 27.9 Å². The van der Waals surface area contributed by atoms with Crippen molar-refractivity contribution in [2.75, 3.05) is 0 Å². The number of carboxylic acid groups (broad SMARTS) is 1. The maximum Gasteiger partial charge on any atom is 0.347 e. The van der Waals surface area contributed by atoms with Gasteiger partial charge in [-0.15, -0.1) is 11.3 Å². The maximum atomic E-state index is 12.1. The quantitative estimate of drug-likeness (QED) is 0.796. The number of hydrogen-bond acceptors (Lipinski definition) is 6. The summed E-state index contributed by atoms with van der Waals surface area (Å²) in [4.78, 5) is 18.6. The second-order valence-corrected chi connectivity index (χ2v) is 7.12. The van der Waals surface area contributed by atoms with E-state index in [9.17, 15) is 13.2 Å². The number of carbonyl (C=O) groups is 1. The monoisotopic (exact) mass is 347 g/mol. The molecular formula is C11H10ClN3O4S2. The summed E-state index contributed by atoms with van der Waals surface area (Å²) in [7, 11) is -3.84. The highest BCUT2D eigenvalue weighted by atomic mass is 35.5. The number of thiazole rings is 1. The maximum absolute atomic E-state index is 12.1. The van der Waals surface area contributed by atoms with Crippen molar-refractivity contribution in [2.24, 2.45) is 0 Å². The van der Waals surface area contributed by atoms with Crippen LogP contribution in [0.1, 0.15) is 20.4 Å². The molecule has 0 spiro atoms. The third kappa shape index (κ3) is 3.56. The van der Waals surface area contributed by atoms with Gasteiger partial charge in [-0.05, 0) is 19.1 Å². The molecule has 112 valence electrons. The van der Waals surface area contributed by atoms with Gasteiger partial charge in [0.05, 0.1) is 12.2 Å². The average molecular weight is 348 g/mol. The minimum Gasteiger partial charge on any atom is -0.477 e. The Morgan fingerprint density at radius 1 is 1.52 bits per heavy atom. The molecule has 0 aliphatic carbocycles. The van der Waals surface area contributed by atoms with Crippen LogP contribution >= 0.6 is 22.9 Å². The first-order valence-corrected chi connectivity index (χ1v) is 8.29. The van der Waals surface area contributed by atoms with Gasteiger partial charge in [-0.3, -0.25) is 0 Å². The lowest BCUT2D eigenvalue weighted by Gasteiger charge is -2.05. The van der Waals surface area contributed by atoms with Gasteiger partial charge < -0.3 is 5.11 Å². The predicted molar refractivity (Wildman–Crippen MR) is 77.1 cm³/mol. The fourth-order valence-electron chi connectivity index (χ4n) is 1.53. The minimum absolute atomic E-state index is 0.0867. The molecule has 7 nitrogen and oxygen atoms in total. The molecule has 10 heteroatoms. The molecule has 21 heavy (non-hydrogen) atoms. The van der Waals surface area contributed by atoms with Gasteiger partial charge in [0.25, 0.3) is 0 Å². The first-order valence-electron chi connectivity index (χ1n) is 5.61. The van der Waals surface area contributed by atoms with Crippen molar-refractivity contribution in [3.8, 4) is 0 Å². The van der Waals surface area contributed by atoms with Crippen LogP contribution in [0.15, 0.2) is 23.2 Å². The van der Waals surface area contributed by atoms with Crippen molar-refractivity contribution in [2.45, 2.75) is 18.4 Å². The van der Waals surface area contributed by atoms with E-state index >= 15 is 0 Å². The number of aryl methyl sites for hydroxylation is 1. The molecule has 0 unspecified atom stereocenters. The number of sulfonamides is 1. The Bertz CT molecular complexity index is 789. The van der Waals surface area contributed by atoms with E-state index in [1.807, 2.05) is 0 Å². The minimum atomic E-state index is -3.84.